The van der Waals surface area contributed by atoms with E-state index in [1.165, 1.54) is 0 Å². The number of ether oxygens (including phenoxy) is 1. The SMILES string of the molecule is COCC(C(C)C)N1CCNCC1C(=O)O. The van der Waals surface area contributed by atoms with Gasteiger partial charge in [-0.3, -0.25) is 9.69 Å². The van der Waals surface area contributed by atoms with Crippen LogP contribution in [0.5, 0.6) is 0 Å². The average molecular weight is 230 g/mol. The number of hydrogen-bond donors (Lipinski definition) is 2. The zero-order valence-corrected chi connectivity index (χ0v) is 10.3. The number of rotatable bonds is 5. The van der Waals surface area contributed by atoms with Gasteiger partial charge in [0.1, 0.15) is 6.04 Å². The van der Waals surface area contributed by atoms with Crippen LogP contribution >= 0.6 is 0 Å². The molecular weight excluding hydrogens is 208 g/mol. The lowest BCUT2D eigenvalue weighted by molar-refractivity contribution is -0.146. The maximum atomic E-state index is 11.2. The number of nitrogens with zero attached hydrogens (tertiary/aromatic N) is 1. The van der Waals surface area contributed by atoms with E-state index in [-0.39, 0.29) is 6.04 Å². The van der Waals surface area contributed by atoms with E-state index in [1.807, 2.05) is 4.90 Å². The molecule has 0 radical (unpaired) electrons. The van der Waals surface area contributed by atoms with E-state index >= 15 is 0 Å². The molecule has 0 saturated carbocycles. The van der Waals surface area contributed by atoms with Gasteiger partial charge < -0.3 is 15.2 Å². The fraction of sp³-hybridized carbons (Fsp3) is 0.909. The molecule has 1 saturated heterocycles. The first kappa shape index (κ1) is 13.4. The maximum Gasteiger partial charge on any atom is 0.322 e. The highest BCUT2D eigenvalue weighted by Crippen LogP contribution is 2.16. The van der Waals surface area contributed by atoms with Crippen LogP contribution in [0.4, 0.5) is 0 Å². The van der Waals surface area contributed by atoms with Gasteiger partial charge in [0.15, 0.2) is 0 Å². The molecule has 1 aliphatic heterocycles. The molecule has 0 bridgehead atoms. The number of aliphatic carboxylic acids is 1. The summed E-state index contributed by atoms with van der Waals surface area (Å²) in [5.74, 6) is -0.367. The molecule has 5 heteroatoms. The van der Waals surface area contributed by atoms with Crippen molar-refractivity contribution in [2.24, 2.45) is 5.92 Å². The quantitative estimate of drug-likeness (QED) is 0.697. The van der Waals surface area contributed by atoms with Crippen molar-refractivity contribution in [3.63, 3.8) is 0 Å². The Labute approximate surface area is 96.8 Å². The van der Waals surface area contributed by atoms with Gasteiger partial charge in [-0.2, -0.15) is 0 Å². The maximum absolute atomic E-state index is 11.2. The molecular formula is C11H22N2O3. The monoisotopic (exact) mass is 230 g/mol. The molecule has 0 aromatic rings. The van der Waals surface area contributed by atoms with E-state index in [9.17, 15) is 9.90 Å². The van der Waals surface area contributed by atoms with Crippen molar-refractivity contribution in [1.82, 2.24) is 10.2 Å². The molecule has 0 aromatic carbocycles. The summed E-state index contributed by atoms with van der Waals surface area (Å²) >= 11 is 0. The van der Waals surface area contributed by atoms with Gasteiger partial charge in [-0.25, -0.2) is 0 Å². The molecule has 2 unspecified atom stereocenters. The highest BCUT2D eigenvalue weighted by Gasteiger charge is 2.34. The van der Waals surface area contributed by atoms with Gasteiger partial charge in [0.25, 0.3) is 0 Å². The number of hydrogen-bond acceptors (Lipinski definition) is 4. The van der Waals surface area contributed by atoms with E-state index in [0.29, 0.717) is 19.1 Å². The summed E-state index contributed by atoms with van der Waals surface area (Å²) in [6, 6.07) is -0.260. The Balaban J connectivity index is 2.74. The average Bonchev–Trinajstić information content (AvgIpc) is 2.25. The summed E-state index contributed by atoms with van der Waals surface area (Å²) in [6.45, 7) is 6.92. The van der Waals surface area contributed by atoms with Crippen LogP contribution in [0.1, 0.15) is 13.8 Å². The van der Waals surface area contributed by atoms with E-state index < -0.39 is 12.0 Å². The summed E-state index contributed by atoms with van der Waals surface area (Å²) in [5.41, 5.74) is 0. The van der Waals surface area contributed by atoms with E-state index in [0.717, 1.165) is 13.1 Å². The minimum Gasteiger partial charge on any atom is -0.480 e. The Morgan fingerprint density at radius 1 is 1.62 bits per heavy atom. The summed E-state index contributed by atoms with van der Waals surface area (Å²) in [7, 11) is 1.66. The molecule has 0 aromatic heterocycles. The van der Waals surface area contributed by atoms with Gasteiger partial charge >= 0.3 is 5.97 Å². The second-order valence-electron chi connectivity index (χ2n) is 4.56. The molecule has 1 rings (SSSR count). The highest BCUT2D eigenvalue weighted by molar-refractivity contribution is 5.74. The van der Waals surface area contributed by atoms with Gasteiger partial charge in [-0.1, -0.05) is 13.8 Å². The zero-order chi connectivity index (χ0) is 12.1. The third-order valence-electron chi connectivity index (χ3n) is 3.10. The minimum absolute atomic E-state index is 0.174. The first-order valence-electron chi connectivity index (χ1n) is 5.76. The van der Waals surface area contributed by atoms with Crippen LogP contribution in [0, 0.1) is 5.92 Å². The first-order chi connectivity index (χ1) is 7.57. The summed E-state index contributed by atoms with van der Waals surface area (Å²) in [5, 5.41) is 12.3. The topological polar surface area (TPSA) is 61.8 Å². The Kier molecular flexibility index (Phi) is 5.18. The van der Waals surface area contributed by atoms with E-state index in [1.54, 1.807) is 7.11 Å². The number of carboxylic acids is 1. The molecule has 94 valence electrons. The standard InChI is InChI=1S/C11H22N2O3/c1-8(2)10(7-16-3)13-5-4-12-6-9(13)11(14)15/h8-10,12H,4-7H2,1-3H3,(H,14,15). The summed E-state index contributed by atoms with van der Waals surface area (Å²) in [6.07, 6.45) is 0. The van der Waals surface area contributed by atoms with Gasteiger partial charge in [-0.05, 0) is 5.92 Å². The third kappa shape index (κ3) is 3.17. The molecule has 1 aliphatic rings. The van der Waals surface area contributed by atoms with Crippen molar-refractivity contribution in [3.8, 4) is 0 Å². The lowest BCUT2D eigenvalue weighted by Gasteiger charge is -2.40. The van der Waals surface area contributed by atoms with Crippen molar-refractivity contribution in [3.05, 3.63) is 0 Å². The van der Waals surface area contributed by atoms with Crippen molar-refractivity contribution < 1.29 is 14.6 Å². The number of nitrogens with one attached hydrogen (secondary N) is 1. The Hall–Kier alpha value is -0.650. The van der Waals surface area contributed by atoms with Crippen LogP contribution in [0.2, 0.25) is 0 Å². The molecule has 0 amide bonds. The second-order valence-corrected chi connectivity index (χ2v) is 4.56. The van der Waals surface area contributed by atoms with Gasteiger partial charge in [0.2, 0.25) is 0 Å². The predicted molar refractivity (Wildman–Crippen MR) is 61.5 cm³/mol. The summed E-state index contributed by atoms with van der Waals surface area (Å²) < 4.78 is 5.19. The molecule has 0 aliphatic carbocycles. The third-order valence-corrected chi connectivity index (χ3v) is 3.10. The fourth-order valence-corrected chi connectivity index (χ4v) is 2.19. The van der Waals surface area contributed by atoms with Crippen molar-refractivity contribution in [1.29, 1.82) is 0 Å². The molecule has 2 N–H and O–H groups in total. The van der Waals surface area contributed by atoms with Gasteiger partial charge in [0, 0.05) is 32.8 Å². The van der Waals surface area contributed by atoms with Crippen LogP contribution in [0.3, 0.4) is 0 Å². The van der Waals surface area contributed by atoms with Crippen LogP contribution in [-0.2, 0) is 9.53 Å². The van der Waals surface area contributed by atoms with Crippen LogP contribution in [-0.4, -0.2) is 61.4 Å². The highest BCUT2D eigenvalue weighted by atomic mass is 16.5. The van der Waals surface area contributed by atoms with Gasteiger partial charge in [-0.15, -0.1) is 0 Å². The van der Waals surface area contributed by atoms with Crippen LogP contribution < -0.4 is 5.32 Å². The van der Waals surface area contributed by atoms with E-state index in [4.69, 9.17) is 4.74 Å². The molecule has 2 atom stereocenters. The fourth-order valence-electron chi connectivity index (χ4n) is 2.19. The van der Waals surface area contributed by atoms with Crippen molar-refractivity contribution in [2.45, 2.75) is 25.9 Å². The molecule has 5 nitrogen and oxygen atoms in total. The molecule has 16 heavy (non-hydrogen) atoms. The Morgan fingerprint density at radius 3 is 2.81 bits per heavy atom. The lowest BCUT2D eigenvalue weighted by Crippen LogP contribution is -2.60. The lowest BCUT2D eigenvalue weighted by atomic mass is 10.00. The smallest absolute Gasteiger partial charge is 0.322 e. The van der Waals surface area contributed by atoms with Crippen molar-refractivity contribution in [2.75, 3.05) is 33.4 Å². The number of carbonyl (C=O) groups is 1. The van der Waals surface area contributed by atoms with Crippen molar-refractivity contribution >= 4 is 5.97 Å². The Morgan fingerprint density at radius 2 is 2.31 bits per heavy atom. The number of piperazine rings is 1. The Bertz CT molecular complexity index is 233. The second kappa shape index (κ2) is 6.18. The minimum atomic E-state index is -0.756. The van der Waals surface area contributed by atoms with E-state index in [2.05, 4.69) is 19.2 Å². The molecule has 1 fully saturated rings. The molecule has 1 heterocycles. The molecule has 0 spiro atoms. The van der Waals surface area contributed by atoms with Crippen LogP contribution in [0.25, 0.3) is 0 Å². The predicted octanol–water partition coefficient (Wildman–Crippen LogP) is 0.0158. The van der Waals surface area contributed by atoms with Gasteiger partial charge in [0.05, 0.1) is 6.61 Å². The van der Waals surface area contributed by atoms with Crippen LogP contribution in [0.15, 0.2) is 0 Å². The zero-order valence-electron chi connectivity index (χ0n) is 10.3. The normalized spacial score (nSPS) is 24.6. The number of methoxy groups -OCH3 is 1. The largest absolute Gasteiger partial charge is 0.480 e. The summed E-state index contributed by atoms with van der Waals surface area (Å²) in [4.78, 5) is 13.2. The number of carboxylic acid groups (broad SMARTS) is 1. The first-order valence-corrected chi connectivity index (χ1v) is 5.76.